The largest absolute Gasteiger partial charge is 0.481 e. The Labute approximate surface area is 189 Å². The molecule has 0 radical (unpaired) electrons. The van der Waals surface area contributed by atoms with Gasteiger partial charge in [-0.25, -0.2) is 0 Å². The molecule has 8 nitrogen and oxygen atoms in total. The first-order chi connectivity index (χ1) is 16.6. The van der Waals surface area contributed by atoms with Crippen LogP contribution in [0.3, 0.4) is 0 Å². The van der Waals surface area contributed by atoms with E-state index in [4.69, 9.17) is 19.3 Å². The number of primary amides is 1. The van der Waals surface area contributed by atoms with Gasteiger partial charge in [0.2, 0.25) is 5.91 Å². The lowest BCUT2D eigenvalue weighted by atomic mass is 9.97. The number of nitrogens with two attached hydrogens (primary N) is 1. The van der Waals surface area contributed by atoms with E-state index < -0.39 is 30.8 Å². The van der Waals surface area contributed by atoms with E-state index in [-0.39, 0.29) is 42.0 Å². The minimum Gasteiger partial charge on any atom is -0.481 e. The fourth-order valence-electron chi connectivity index (χ4n) is 3.84. The smallest absolute Gasteiger partial charge is 0.264 e. The number of H-pyrrole nitrogens is 1. The molecule has 1 saturated heterocycles. The van der Waals surface area contributed by atoms with Crippen LogP contribution in [0.25, 0.3) is 21.9 Å². The molecule has 1 aliphatic heterocycles. The molecule has 8 heteroatoms. The van der Waals surface area contributed by atoms with Gasteiger partial charge >= 0.3 is 0 Å². The van der Waals surface area contributed by atoms with E-state index >= 15 is 0 Å². The minimum absolute atomic E-state index is 0.0274. The van der Waals surface area contributed by atoms with Crippen molar-refractivity contribution in [3.63, 3.8) is 0 Å². The number of aromatic nitrogens is 1. The molecule has 32 heavy (non-hydrogen) atoms. The van der Waals surface area contributed by atoms with Gasteiger partial charge < -0.3 is 25.1 Å². The Bertz CT molecular complexity index is 1340. The molecule has 0 bridgehead atoms. The Hall–Kier alpha value is -3.65. The molecule has 0 unspecified atom stereocenters. The first-order valence-corrected chi connectivity index (χ1v) is 10.2. The summed E-state index contributed by atoms with van der Waals surface area (Å²) in [5.41, 5.74) is 6.22. The molecule has 166 valence electrons. The van der Waals surface area contributed by atoms with Crippen molar-refractivity contribution in [2.75, 3.05) is 19.8 Å². The summed E-state index contributed by atoms with van der Waals surface area (Å²) < 4.78 is 34.6. The van der Waals surface area contributed by atoms with E-state index in [9.17, 15) is 14.4 Å². The number of aryl methyl sites for hydroxylation is 1. The van der Waals surface area contributed by atoms with E-state index in [1.807, 2.05) is 0 Å². The highest BCUT2D eigenvalue weighted by molar-refractivity contribution is 5.97. The van der Waals surface area contributed by atoms with E-state index in [2.05, 4.69) is 4.98 Å². The standard InChI is InChI=1S/C24H25N3O5/c1-14-5-3-4-6-17(14)20-12-26-23(29)19-11-16(7-8-18(19)20)32-15(2)24(30)27-9-10-31-13-21(27)22(25)28/h3-8,11-12,15,21H,9-10,13H2,1-2H3,(H2,25,28)(H,26,29)/t15-,21+/m1/s1/i1D3. The lowest BCUT2D eigenvalue weighted by Gasteiger charge is -2.35. The van der Waals surface area contributed by atoms with Crippen molar-refractivity contribution in [1.82, 2.24) is 9.88 Å². The van der Waals surface area contributed by atoms with Crippen molar-refractivity contribution in [3.8, 4) is 16.9 Å². The van der Waals surface area contributed by atoms with Gasteiger partial charge in [-0.05, 0) is 48.5 Å². The van der Waals surface area contributed by atoms with Crippen LogP contribution >= 0.6 is 0 Å². The fourth-order valence-corrected chi connectivity index (χ4v) is 3.84. The minimum atomic E-state index is -2.33. The summed E-state index contributed by atoms with van der Waals surface area (Å²) in [5.74, 6) is -0.812. The summed E-state index contributed by atoms with van der Waals surface area (Å²) in [7, 11) is 0. The molecule has 0 aliphatic carbocycles. The van der Waals surface area contributed by atoms with Crippen molar-refractivity contribution < 1.29 is 23.2 Å². The number of aromatic amines is 1. The molecule has 3 aromatic rings. The van der Waals surface area contributed by atoms with E-state index in [0.29, 0.717) is 16.5 Å². The predicted molar refractivity (Wildman–Crippen MR) is 120 cm³/mol. The summed E-state index contributed by atoms with van der Waals surface area (Å²) >= 11 is 0. The first kappa shape index (κ1) is 18.0. The van der Waals surface area contributed by atoms with E-state index in [0.717, 1.165) is 0 Å². The Morgan fingerprint density at radius 2 is 2.06 bits per heavy atom. The Kier molecular flexibility index (Phi) is 4.96. The van der Waals surface area contributed by atoms with E-state index in [1.165, 1.54) is 23.2 Å². The van der Waals surface area contributed by atoms with Gasteiger partial charge in [0.1, 0.15) is 11.8 Å². The normalized spacial score (nSPS) is 19.0. The number of nitrogens with one attached hydrogen (secondary N) is 1. The van der Waals surface area contributed by atoms with Crippen LogP contribution in [-0.2, 0) is 14.3 Å². The lowest BCUT2D eigenvalue weighted by molar-refractivity contribution is -0.152. The average molecular weight is 438 g/mol. The summed E-state index contributed by atoms with van der Waals surface area (Å²) in [6, 6.07) is 10.5. The summed E-state index contributed by atoms with van der Waals surface area (Å²) in [5, 5.41) is 0.820. The van der Waals surface area contributed by atoms with Crippen molar-refractivity contribution in [3.05, 3.63) is 64.6 Å². The molecule has 2 atom stereocenters. The molecule has 2 aromatic carbocycles. The quantitative estimate of drug-likeness (QED) is 0.632. The number of rotatable bonds is 5. The van der Waals surface area contributed by atoms with Crippen molar-refractivity contribution >= 4 is 22.6 Å². The molecule has 0 saturated carbocycles. The Balaban J connectivity index is 1.66. The average Bonchev–Trinajstić information content (AvgIpc) is 2.83. The van der Waals surface area contributed by atoms with Gasteiger partial charge in [-0.3, -0.25) is 14.4 Å². The molecule has 1 aromatic heterocycles. The van der Waals surface area contributed by atoms with Crippen molar-refractivity contribution in [1.29, 1.82) is 0 Å². The third-order valence-corrected chi connectivity index (χ3v) is 5.49. The number of nitrogens with zero attached hydrogens (tertiary/aromatic N) is 1. The second kappa shape index (κ2) is 8.84. The van der Waals surface area contributed by atoms with Gasteiger partial charge in [-0.1, -0.05) is 24.3 Å². The Morgan fingerprint density at radius 1 is 1.25 bits per heavy atom. The maximum atomic E-state index is 12.9. The lowest BCUT2D eigenvalue weighted by Crippen LogP contribution is -2.57. The number of hydrogen-bond donors (Lipinski definition) is 2. The van der Waals surface area contributed by atoms with Crippen LogP contribution in [0.15, 0.2) is 53.5 Å². The number of fused-ring (bicyclic) bond motifs is 1. The third kappa shape index (κ3) is 4.09. The number of morpholine rings is 1. The summed E-state index contributed by atoms with van der Waals surface area (Å²) in [4.78, 5) is 41.3. The maximum absolute atomic E-state index is 12.9. The van der Waals surface area contributed by atoms with Crippen LogP contribution in [0.2, 0.25) is 0 Å². The molecule has 2 heterocycles. The molecule has 0 spiro atoms. The van der Waals surface area contributed by atoms with Gasteiger partial charge in [0, 0.05) is 22.4 Å². The van der Waals surface area contributed by atoms with Crippen molar-refractivity contribution in [2.24, 2.45) is 5.73 Å². The van der Waals surface area contributed by atoms with Gasteiger partial charge in [0.25, 0.3) is 11.5 Å². The van der Waals surface area contributed by atoms with Gasteiger partial charge in [-0.15, -0.1) is 0 Å². The zero-order valence-corrected chi connectivity index (χ0v) is 17.5. The van der Waals surface area contributed by atoms with Crippen LogP contribution in [0, 0.1) is 6.85 Å². The molecule has 3 N–H and O–H groups in total. The fraction of sp³-hybridized carbons (Fsp3) is 0.292. The number of carbonyl (C=O) groups is 2. The number of benzene rings is 2. The van der Waals surface area contributed by atoms with Gasteiger partial charge in [-0.2, -0.15) is 0 Å². The predicted octanol–water partition coefficient (Wildman–Crippen LogP) is 1.98. The van der Waals surface area contributed by atoms with E-state index in [1.54, 1.807) is 37.3 Å². The second-order valence-corrected chi connectivity index (χ2v) is 7.57. The highest BCUT2D eigenvalue weighted by Gasteiger charge is 2.34. The zero-order valence-electron chi connectivity index (χ0n) is 20.5. The molecule has 2 amide bonds. The number of hydrogen-bond acceptors (Lipinski definition) is 5. The number of carbonyl (C=O) groups excluding carboxylic acids is 2. The second-order valence-electron chi connectivity index (χ2n) is 7.57. The number of pyridine rings is 1. The maximum Gasteiger partial charge on any atom is 0.264 e. The molecule has 1 aliphatic rings. The topological polar surface area (TPSA) is 115 Å². The van der Waals surface area contributed by atoms with Crippen LogP contribution in [0.4, 0.5) is 0 Å². The van der Waals surface area contributed by atoms with Gasteiger partial charge in [0.15, 0.2) is 6.10 Å². The molecular weight excluding hydrogens is 410 g/mol. The molecule has 1 fully saturated rings. The van der Waals surface area contributed by atoms with Gasteiger partial charge in [0.05, 0.1) is 18.6 Å². The van der Waals surface area contributed by atoms with Crippen LogP contribution in [0.5, 0.6) is 5.75 Å². The number of ether oxygens (including phenoxy) is 2. The van der Waals surface area contributed by atoms with Crippen LogP contribution in [-0.4, -0.2) is 53.6 Å². The first-order valence-electron chi connectivity index (χ1n) is 11.7. The monoisotopic (exact) mass is 438 g/mol. The highest BCUT2D eigenvalue weighted by atomic mass is 16.5. The van der Waals surface area contributed by atoms with Crippen LogP contribution < -0.4 is 16.0 Å². The summed E-state index contributed by atoms with van der Waals surface area (Å²) in [6.45, 7) is -0.259. The van der Waals surface area contributed by atoms with Crippen LogP contribution in [0.1, 0.15) is 16.6 Å². The summed E-state index contributed by atoms with van der Waals surface area (Å²) in [6.07, 6.45) is 0.538. The van der Waals surface area contributed by atoms with Crippen molar-refractivity contribution in [2.45, 2.75) is 25.9 Å². The molecule has 4 rings (SSSR count). The SMILES string of the molecule is [2H]C([2H])([2H])c1ccccc1-c1c[nH]c(=O)c2cc(O[C@H](C)C(=O)N3CCOC[C@H]3C(N)=O)ccc12. The zero-order chi connectivity index (χ0) is 25.3. The highest BCUT2D eigenvalue weighted by Crippen LogP contribution is 2.30. The Morgan fingerprint density at radius 3 is 2.84 bits per heavy atom. The molecular formula is C24H25N3O5. The third-order valence-electron chi connectivity index (χ3n) is 5.49. The number of amides is 2.